The zero-order valence-electron chi connectivity index (χ0n) is 13.0. The van der Waals surface area contributed by atoms with E-state index in [0.717, 1.165) is 16.8 Å². The first-order valence-corrected chi connectivity index (χ1v) is 7.18. The molecule has 0 aromatic heterocycles. The van der Waals surface area contributed by atoms with Gasteiger partial charge in [0.15, 0.2) is 0 Å². The Morgan fingerprint density at radius 2 is 1.86 bits per heavy atom. The highest BCUT2D eigenvalue weighted by Crippen LogP contribution is 2.34. The Morgan fingerprint density at radius 1 is 1.18 bits per heavy atom. The molecule has 0 aliphatic heterocycles. The first-order valence-electron chi connectivity index (χ1n) is 7.18. The zero-order chi connectivity index (χ0) is 16.3. The van der Waals surface area contributed by atoms with Crippen molar-refractivity contribution in [2.45, 2.75) is 19.3 Å². The predicted octanol–water partition coefficient (Wildman–Crippen LogP) is 4.14. The van der Waals surface area contributed by atoms with Crippen LogP contribution >= 0.6 is 0 Å². The molecule has 1 atom stereocenters. The van der Waals surface area contributed by atoms with Gasteiger partial charge in [-0.15, -0.1) is 0 Å². The number of carboxylic acids is 1. The van der Waals surface area contributed by atoms with Crippen molar-refractivity contribution >= 4 is 11.7 Å². The maximum absolute atomic E-state index is 14.3. The maximum Gasteiger partial charge on any atom is 0.303 e. The van der Waals surface area contributed by atoms with Gasteiger partial charge in [0.2, 0.25) is 0 Å². The van der Waals surface area contributed by atoms with Crippen molar-refractivity contribution in [2.24, 2.45) is 0 Å². The average Bonchev–Trinajstić information content (AvgIpc) is 2.47. The summed E-state index contributed by atoms with van der Waals surface area (Å²) in [5.74, 6) is -1.32. The van der Waals surface area contributed by atoms with E-state index in [9.17, 15) is 9.18 Å². The van der Waals surface area contributed by atoms with Crippen LogP contribution in [0, 0.1) is 5.82 Å². The molecule has 2 aromatic carbocycles. The minimum Gasteiger partial charge on any atom is -0.481 e. The van der Waals surface area contributed by atoms with E-state index in [4.69, 9.17) is 5.11 Å². The minimum absolute atomic E-state index is 0.0282. The number of hydrogen-bond donors (Lipinski definition) is 1. The second kappa shape index (κ2) is 6.60. The first-order chi connectivity index (χ1) is 10.4. The number of carbonyl (C=O) groups is 1. The molecule has 0 radical (unpaired) electrons. The highest BCUT2D eigenvalue weighted by atomic mass is 19.1. The van der Waals surface area contributed by atoms with Gasteiger partial charge < -0.3 is 10.0 Å². The Morgan fingerprint density at radius 3 is 2.50 bits per heavy atom. The van der Waals surface area contributed by atoms with E-state index < -0.39 is 5.97 Å². The Balaban J connectivity index is 2.50. The molecule has 0 spiro atoms. The van der Waals surface area contributed by atoms with Gasteiger partial charge in [0.05, 0.1) is 6.42 Å². The Hall–Kier alpha value is -2.36. The summed E-state index contributed by atoms with van der Waals surface area (Å²) in [6.07, 6.45) is 0.0282. The summed E-state index contributed by atoms with van der Waals surface area (Å²) in [6, 6.07) is 12.4. The average molecular weight is 301 g/mol. The second-order valence-corrected chi connectivity index (χ2v) is 5.65. The maximum atomic E-state index is 14.3. The molecule has 2 aromatic rings. The zero-order valence-corrected chi connectivity index (χ0v) is 13.0. The summed E-state index contributed by atoms with van der Waals surface area (Å²) in [5.41, 5.74) is 3.05. The third-order valence-corrected chi connectivity index (χ3v) is 3.72. The Kier molecular flexibility index (Phi) is 4.81. The molecule has 4 heteroatoms. The molecule has 0 aliphatic carbocycles. The lowest BCUT2D eigenvalue weighted by Crippen LogP contribution is -2.10. The lowest BCUT2D eigenvalue weighted by atomic mass is 9.93. The lowest BCUT2D eigenvalue weighted by Gasteiger charge is -2.19. The highest BCUT2D eigenvalue weighted by molar-refractivity contribution is 5.79. The van der Waals surface area contributed by atoms with E-state index in [0.29, 0.717) is 5.56 Å². The van der Waals surface area contributed by atoms with E-state index in [1.165, 1.54) is 6.07 Å². The summed E-state index contributed by atoms with van der Waals surface area (Å²) in [5, 5.41) is 8.92. The number of halogens is 1. The van der Waals surface area contributed by atoms with Crippen LogP contribution in [0.5, 0.6) is 0 Å². The van der Waals surface area contributed by atoms with Crippen LogP contribution in [0.2, 0.25) is 0 Å². The molecular formula is C18H20FNO2. The quantitative estimate of drug-likeness (QED) is 0.902. The van der Waals surface area contributed by atoms with Gasteiger partial charge in [-0.2, -0.15) is 0 Å². The Bertz CT molecular complexity index is 683. The smallest absolute Gasteiger partial charge is 0.303 e. The number of anilines is 1. The fourth-order valence-electron chi connectivity index (χ4n) is 2.53. The number of aliphatic carboxylic acids is 1. The molecule has 1 N–H and O–H groups in total. The Labute approximate surface area is 130 Å². The van der Waals surface area contributed by atoms with Crippen molar-refractivity contribution in [2.75, 3.05) is 19.0 Å². The topological polar surface area (TPSA) is 40.5 Å². The van der Waals surface area contributed by atoms with E-state index in [-0.39, 0.29) is 18.2 Å². The molecule has 0 aliphatic rings. The molecule has 116 valence electrons. The van der Waals surface area contributed by atoms with Crippen molar-refractivity contribution in [1.29, 1.82) is 0 Å². The number of benzene rings is 2. The molecule has 0 amide bonds. The van der Waals surface area contributed by atoms with Crippen LogP contribution in [-0.4, -0.2) is 25.2 Å². The minimum atomic E-state index is -0.855. The van der Waals surface area contributed by atoms with Crippen molar-refractivity contribution in [3.63, 3.8) is 0 Å². The molecule has 3 nitrogen and oxygen atoms in total. The van der Waals surface area contributed by atoms with Crippen molar-refractivity contribution in [3.8, 4) is 11.1 Å². The van der Waals surface area contributed by atoms with Gasteiger partial charge in [0.25, 0.3) is 0 Å². The largest absolute Gasteiger partial charge is 0.481 e. The fourth-order valence-corrected chi connectivity index (χ4v) is 2.53. The first kappa shape index (κ1) is 16.0. The van der Waals surface area contributed by atoms with E-state index in [1.807, 2.05) is 50.2 Å². The van der Waals surface area contributed by atoms with Gasteiger partial charge in [0.1, 0.15) is 5.82 Å². The number of para-hydroxylation sites is 1. The summed E-state index contributed by atoms with van der Waals surface area (Å²) in [6.45, 7) is 1.84. The number of nitrogens with zero attached hydrogens (tertiary/aromatic N) is 1. The molecule has 2 rings (SSSR count). The summed E-state index contributed by atoms with van der Waals surface area (Å²) >= 11 is 0. The fraction of sp³-hybridized carbons (Fsp3) is 0.278. The van der Waals surface area contributed by atoms with Gasteiger partial charge in [-0.25, -0.2) is 4.39 Å². The van der Waals surface area contributed by atoms with Crippen LogP contribution < -0.4 is 4.90 Å². The van der Waals surface area contributed by atoms with E-state index in [2.05, 4.69) is 0 Å². The van der Waals surface area contributed by atoms with Crippen LogP contribution in [0.3, 0.4) is 0 Å². The van der Waals surface area contributed by atoms with E-state index >= 15 is 0 Å². The number of hydrogen-bond acceptors (Lipinski definition) is 2. The third kappa shape index (κ3) is 3.45. The van der Waals surface area contributed by atoms with Gasteiger partial charge >= 0.3 is 5.97 Å². The van der Waals surface area contributed by atoms with Crippen molar-refractivity contribution in [1.82, 2.24) is 0 Å². The number of carboxylic acid groups (broad SMARTS) is 1. The summed E-state index contributed by atoms with van der Waals surface area (Å²) in [4.78, 5) is 12.8. The normalized spacial score (nSPS) is 12.0. The van der Waals surface area contributed by atoms with Gasteiger partial charge in [0, 0.05) is 30.9 Å². The van der Waals surface area contributed by atoms with Crippen LogP contribution in [0.1, 0.15) is 24.8 Å². The van der Waals surface area contributed by atoms with Crippen LogP contribution in [0.15, 0.2) is 42.5 Å². The molecule has 0 fully saturated rings. The third-order valence-electron chi connectivity index (χ3n) is 3.72. The molecule has 0 saturated carbocycles. The molecule has 22 heavy (non-hydrogen) atoms. The SMILES string of the molecule is CC(CC(=O)O)c1ccc(F)c(-c2ccccc2N(C)C)c1. The second-order valence-electron chi connectivity index (χ2n) is 5.65. The van der Waals surface area contributed by atoms with Crippen LogP contribution in [0.4, 0.5) is 10.1 Å². The lowest BCUT2D eigenvalue weighted by molar-refractivity contribution is -0.137. The molecule has 0 saturated heterocycles. The van der Waals surface area contributed by atoms with Crippen molar-refractivity contribution < 1.29 is 14.3 Å². The van der Waals surface area contributed by atoms with Crippen molar-refractivity contribution in [3.05, 3.63) is 53.8 Å². The summed E-state index contributed by atoms with van der Waals surface area (Å²) < 4.78 is 14.3. The van der Waals surface area contributed by atoms with Gasteiger partial charge in [-0.3, -0.25) is 4.79 Å². The molecular weight excluding hydrogens is 281 g/mol. The molecule has 1 unspecified atom stereocenters. The van der Waals surface area contributed by atoms with Gasteiger partial charge in [-0.1, -0.05) is 31.2 Å². The van der Waals surface area contributed by atoms with E-state index in [1.54, 1.807) is 12.1 Å². The van der Waals surface area contributed by atoms with Crippen LogP contribution in [-0.2, 0) is 4.79 Å². The van der Waals surface area contributed by atoms with Crippen LogP contribution in [0.25, 0.3) is 11.1 Å². The molecule has 0 heterocycles. The number of rotatable bonds is 5. The summed E-state index contributed by atoms with van der Waals surface area (Å²) in [7, 11) is 3.82. The highest BCUT2D eigenvalue weighted by Gasteiger charge is 2.15. The standard InChI is InChI=1S/C18H20FNO2/c1-12(10-18(21)22)13-8-9-16(19)15(11-13)14-6-4-5-7-17(14)20(2)3/h4-9,11-12H,10H2,1-3H3,(H,21,22). The monoisotopic (exact) mass is 301 g/mol. The predicted molar refractivity (Wildman–Crippen MR) is 86.8 cm³/mol. The molecule has 0 bridgehead atoms. The van der Waals surface area contributed by atoms with Gasteiger partial charge in [-0.05, 0) is 29.7 Å².